The maximum atomic E-state index is 12.1. The molecule has 110 valence electrons. The van der Waals surface area contributed by atoms with E-state index < -0.39 is 0 Å². The fourth-order valence-electron chi connectivity index (χ4n) is 2.78. The number of nitrogens with one attached hydrogen (secondary N) is 1. The molecular weight excluding hydrogens is 318 g/mol. The second-order valence-corrected chi connectivity index (χ2v) is 6.41. The fourth-order valence-corrected chi connectivity index (χ4v) is 3.68. The summed E-state index contributed by atoms with van der Waals surface area (Å²) >= 11 is 7.69. The Bertz CT molecular complexity index is 841. The first-order valence-corrected chi connectivity index (χ1v) is 8.19. The molecule has 1 unspecified atom stereocenters. The number of aromatic nitrogens is 2. The number of fused-ring (bicyclic) bond motifs is 1. The summed E-state index contributed by atoms with van der Waals surface area (Å²) in [5.41, 5.74) is 2.92. The van der Waals surface area contributed by atoms with Crippen LogP contribution in [0.3, 0.4) is 0 Å². The Balaban J connectivity index is 1.84. The molecule has 0 bridgehead atoms. The van der Waals surface area contributed by atoms with Crippen molar-refractivity contribution in [1.82, 2.24) is 9.55 Å². The van der Waals surface area contributed by atoms with Gasteiger partial charge in [-0.1, -0.05) is 17.7 Å². The fraction of sp³-hybridized carbons (Fsp3) is 0.125. The Morgan fingerprint density at radius 1 is 1.36 bits per heavy atom. The molecule has 0 aliphatic carbocycles. The highest BCUT2D eigenvalue weighted by Gasteiger charge is 2.31. The monoisotopic (exact) mass is 329 g/mol. The lowest BCUT2D eigenvalue weighted by atomic mass is 9.92. The van der Waals surface area contributed by atoms with E-state index in [0.717, 1.165) is 22.8 Å². The Hall–Kier alpha value is -2.11. The van der Waals surface area contributed by atoms with E-state index in [1.165, 1.54) is 0 Å². The van der Waals surface area contributed by atoms with Crippen molar-refractivity contribution >= 4 is 34.7 Å². The number of carbonyl (C=O) groups excluding carboxylic acids is 1. The van der Waals surface area contributed by atoms with E-state index in [2.05, 4.69) is 21.7 Å². The standard InChI is InChI=1S/C16H12ClN3OS/c17-11-2-1-3-12(6-11)20-9-18-15-13(10-4-5-22-8-10)7-14(21)19-16(15)20/h1-6,8-9,13H,7H2,(H,19,21). The van der Waals surface area contributed by atoms with Gasteiger partial charge in [-0.05, 0) is 40.6 Å². The van der Waals surface area contributed by atoms with Crippen molar-refractivity contribution < 1.29 is 4.79 Å². The molecule has 22 heavy (non-hydrogen) atoms. The third-order valence-corrected chi connectivity index (χ3v) is 4.74. The van der Waals surface area contributed by atoms with Gasteiger partial charge in [0.25, 0.3) is 0 Å². The molecule has 4 nitrogen and oxygen atoms in total. The zero-order chi connectivity index (χ0) is 15.1. The molecule has 6 heteroatoms. The average molecular weight is 330 g/mol. The maximum Gasteiger partial charge on any atom is 0.226 e. The van der Waals surface area contributed by atoms with Crippen LogP contribution in [-0.4, -0.2) is 15.5 Å². The number of thiophene rings is 1. The molecule has 1 N–H and O–H groups in total. The molecule has 2 aromatic heterocycles. The summed E-state index contributed by atoms with van der Waals surface area (Å²) in [4.78, 5) is 16.6. The van der Waals surface area contributed by atoms with Crippen molar-refractivity contribution in [2.24, 2.45) is 0 Å². The van der Waals surface area contributed by atoms with Crippen molar-refractivity contribution in [3.8, 4) is 5.69 Å². The van der Waals surface area contributed by atoms with Crippen molar-refractivity contribution in [3.63, 3.8) is 0 Å². The van der Waals surface area contributed by atoms with Crippen LogP contribution in [0.15, 0.2) is 47.4 Å². The molecule has 3 heterocycles. The average Bonchev–Trinajstić information content (AvgIpc) is 3.16. The Morgan fingerprint density at radius 3 is 3.05 bits per heavy atom. The second-order valence-electron chi connectivity index (χ2n) is 5.19. The highest BCUT2D eigenvalue weighted by molar-refractivity contribution is 7.08. The maximum absolute atomic E-state index is 12.1. The number of nitrogens with zero attached hydrogens (tertiary/aromatic N) is 2. The SMILES string of the molecule is O=C1CC(c2ccsc2)c2ncn(-c3cccc(Cl)c3)c2N1. The second kappa shape index (κ2) is 5.26. The lowest BCUT2D eigenvalue weighted by molar-refractivity contribution is -0.116. The normalized spacial score (nSPS) is 17.1. The van der Waals surface area contributed by atoms with Crippen molar-refractivity contribution in [2.45, 2.75) is 12.3 Å². The van der Waals surface area contributed by atoms with Gasteiger partial charge in [-0.25, -0.2) is 4.98 Å². The van der Waals surface area contributed by atoms with Gasteiger partial charge in [0.1, 0.15) is 12.1 Å². The van der Waals surface area contributed by atoms with Gasteiger partial charge in [0.2, 0.25) is 5.91 Å². The van der Waals surface area contributed by atoms with Crippen LogP contribution >= 0.6 is 22.9 Å². The van der Waals surface area contributed by atoms with Crippen molar-refractivity contribution in [2.75, 3.05) is 5.32 Å². The van der Waals surface area contributed by atoms with E-state index >= 15 is 0 Å². The van der Waals surface area contributed by atoms with Crippen LogP contribution in [0.1, 0.15) is 23.6 Å². The Kier molecular flexibility index (Phi) is 3.24. The van der Waals surface area contributed by atoms with Gasteiger partial charge >= 0.3 is 0 Å². The molecule has 1 aromatic carbocycles. The number of hydrogen-bond acceptors (Lipinski definition) is 3. The summed E-state index contributed by atoms with van der Waals surface area (Å²) in [5.74, 6) is 0.748. The summed E-state index contributed by atoms with van der Waals surface area (Å²) in [6.45, 7) is 0. The Labute approximate surface area is 136 Å². The summed E-state index contributed by atoms with van der Waals surface area (Å²) in [7, 11) is 0. The largest absolute Gasteiger partial charge is 0.310 e. The van der Waals surface area contributed by atoms with Gasteiger partial charge in [0.05, 0.1) is 5.69 Å². The lowest BCUT2D eigenvalue weighted by Crippen LogP contribution is -2.24. The van der Waals surface area contributed by atoms with E-state index in [-0.39, 0.29) is 11.8 Å². The number of rotatable bonds is 2. The zero-order valence-corrected chi connectivity index (χ0v) is 13.1. The molecule has 1 aliphatic rings. The predicted molar refractivity (Wildman–Crippen MR) is 88.0 cm³/mol. The van der Waals surface area contributed by atoms with Crippen LogP contribution in [0.5, 0.6) is 0 Å². The highest BCUT2D eigenvalue weighted by atomic mass is 35.5. The summed E-state index contributed by atoms with van der Waals surface area (Å²) in [6.07, 6.45) is 2.16. The number of amides is 1. The predicted octanol–water partition coefficient (Wildman–Crippen LogP) is 4.06. The van der Waals surface area contributed by atoms with Crippen LogP contribution in [0.25, 0.3) is 5.69 Å². The Morgan fingerprint density at radius 2 is 2.27 bits per heavy atom. The van der Waals surface area contributed by atoms with Gasteiger partial charge in [-0.3, -0.25) is 9.36 Å². The lowest BCUT2D eigenvalue weighted by Gasteiger charge is -2.22. The third-order valence-electron chi connectivity index (χ3n) is 3.81. The molecule has 0 fully saturated rings. The molecule has 0 saturated carbocycles. The van der Waals surface area contributed by atoms with Crippen LogP contribution in [0.4, 0.5) is 5.82 Å². The number of benzene rings is 1. The van der Waals surface area contributed by atoms with Crippen LogP contribution in [0.2, 0.25) is 5.02 Å². The molecule has 0 radical (unpaired) electrons. The minimum atomic E-state index is 0.00692. The summed E-state index contributed by atoms with van der Waals surface area (Å²) < 4.78 is 1.87. The molecule has 1 aliphatic heterocycles. The molecule has 1 atom stereocenters. The van der Waals surface area contributed by atoms with Crippen molar-refractivity contribution in [1.29, 1.82) is 0 Å². The minimum Gasteiger partial charge on any atom is -0.310 e. The summed E-state index contributed by atoms with van der Waals surface area (Å²) in [5, 5.41) is 7.69. The number of imidazole rings is 1. The molecule has 1 amide bonds. The molecule has 0 saturated heterocycles. The third kappa shape index (κ3) is 2.23. The van der Waals surface area contributed by atoms with E-state index in [4.69, 9.17) is 11.6 Å². The molecule has 3 aromatic rings. The van der Waals surface area contributed by atoms with Gasteiger partial charge in [0, 0.05) is 23.0 Å². The smallest absolute Gasteiger partial charge is 0.226 e. The first kappa shape index (κ1) is 13.5. The van der Waals surface area contributed by atoms with E-state index in [9.17, 15) is 4.79 Å². The first-order valence-electron chi connectivity index (χ1n) is 6.87. The van der Waals surface area contributed by atoms with Crippen LogP contribution in [0, 0.1) is 0 Å². The van der Waals surface area contributed by atoms with E-state index in [1.54, 1.807) is 17.7 Å². The number of carbonyl (C=O) groups is 1. The minimum absolute atomic E-state index is 0.00692. The molecule has 0 spiro atoms. The molecular formula is C16H12ClN3OS. The number of hydrogen-bond donors (Lipinski definition) is 1. The van der Waals surface area contributed by atoms with Gasteiger partial charge in [0.15, 0.2) is 0 Å². The van der Waals surface area contributed by atoms with Crippen molar-refractivity contribution in [3.05, 3.63) is 63.7 Å². The van der Waals surface area contributed by atoms with E-state index in [1.807, 2.05) is 34.2 Å². The first-order chi connectivity index (χ1) is 10.7. The van der Waals surface area contributed by atoms with Gasteiger partial charge < -0.3 is 5.32 Å². The zero-order valence-electron chi connectivity index (χ0n) is 11.5. The van der Waals surface area contributed by atoms with Gasteiger partial charge in [-0.2, -0.15) is 11.3 Å². The van der Waals surface area contributed by atoms with Gasteiger partial charge in [-0.15, -0.1) is 0 Å². The summed E-state index contributed by atoms with van der Waals surface area (Å²) in [6, 6.07) is 9.54. The topological polar surface area (TPSA) is 46.9 Å². The highest BCUT2D eigenvalue weighted by Crippen LogP contribution is 2.38. The number of halogens is 1. The molecule has 4 rings (SSSR count). The number of anilines is 1. The van der Waals surface area contributed by atoms with E-state index in [0.29, 0.717) is 11.4 Å². The quantitative estimate of drug-likeness (QED) is 0.770. The van der Waals surface area contributed by atoms with Crippen LogP contribution in [-0.2, 0) is 4.79 Å². The van der Waals surface area contributed by atoms with Crippen LogP contribution < -0.4 is 5.32 Å².